The van der Waals surface area contributed by atoms with Crippen LogP contribution in [-0.4, -0.2) is 25.4 Å². The van der Waals surface area contributed by atoms with Crippen molar-refractivity contribution in [2.45, 2.75) is 43.4 Å². The molecule has 2 aliphatic heterocycles. The number of nitrogens with one attached hydrogen (secondary N) is 1. The molecule has 0 aliphatic carbocycles. The number of benzene rings is 2. The Hall–Kier alpha value is -1.69. The summed E-state index contributed by atoms with van der Waals surface area (Å²) in [5, 5.41) is 3.61. The Kier molecular flexibility index (Phi) is 6.35. The van der Waals surface area contributed by atoms with E-state index in [-0.39, 0.29) is 35.7 Å². The van der Waals surface area contributed by atoms with Crippen LogP contribution >= 0.6 is 12.4 Å². The zero-order chi connectivity index (χ0) is 18.0. The Morgan fingerprint density at radius 3 is 2.59 bits per heavy atom. The number of alkyl halides is 2. The number of hydrogen-bond acceptors (Lipinski definition) is 3. The summed E-state index contributed by atoms with van der Waals surface area (Å²) in [6.45, 7) is -1.34. The fourth-order valence-electron chi connectivity index (χ4n) is 4.43. The van der Waals surface area contributed by atoms with Crippen LogP contribution in [0, 0.1) is 0 Å². The van der Waals surface area contributed by atoms with Gasteiger partial charge in [-0.25, -0.2) is 0 Å². The number of para-hydroxylation sites is 1. The molecule has 146 valence electrons. The van der Waals surface area contributed by atoms with Gasteiger partial charge in [0.1, 0.15) is 5.75 Å². The Bertz CT molecular complexity index is 746. The lowest BCUT2D eigenvalue weighted by Crippen LogP contribution is -2.48. The second kappa shape index (κ2) is 8.55. The summed E-state index contributed by atoms with van der Waals surface area (Å²) in [5.74, 6) is 0.309. The second-order valence-electron chi connectivity index (χ2n) is 7.09. The van der Waals surface area contributed by atoms with Gasteiger partial charge in [-0.15, -0.1) is 12.4 Å². The Balaban J connectivity index is 0.00000210. The van der Waals surface area contributed by atoms with Crippen LogP contribution in [0.3, 0.4) is 0 Å². The number of ether oxygens (including phenoxy) is 2. The molecule has 0 radical (unpaired) electrons. The van der Waals surface area contributed by atoms with E-state index in [1.807, 2.05) is 30.3 Å². The monoisotopic (exact) mass is 395 g/mol. The standard InChI is InChI=1S/C21H23F2NO2.ClH/c22-20(23)26-18-10-5-4-9-17(18)16-13-21(25-14-16)11-6-12-24-19(21)15-7-2-1-3-8-15;/h1-5,7-10,16,19-20,24H,6,11-14H2;1H/t16-,19-,21+;/m0./s1. The summed E-state index contributed by atoms with van der Waals surface area (Å²) in [4.78, 5) is 0. The van der Waals surface area contributed by atoms with Crippen LogP contribution in [0.4, 0.5) is 8.78 Å². The molecule has 27 heavy (non-hydrogen) atoms. The molecule has 3 atom stereocenters. The van der Waals surface area contributed by atoms with Gasteiger partial charge in [0.05, 0.1) is 18.2 Å². The lowest BCUT2D eigenvalue weighted by atomic mass is 9.77. The molecule has 4 rings (SSSR count). The van der Waals surface area contributed by atoms with E-state index in [9.17, 15) is 8.78 Å². The average Bonchev–Trinajstić information content (AvgIpc) is 3.07. The number of halogens is 3. The average molecular weight is 396 g/mol. The van der Waals surface area contributed by atoms with E-state index in [2.05, 4.69) is 17.4 Å². The summed E-state index contributed by atoms with van der Waals surface area (Å²) < 4.78 is 36.6. The second-order valence-corrected chi connectivity index (χ2v) is 7.09. The van der Waals surface area contributed by atoms with Crippen molar-refractivity contribution in [3.05, 3.63) is 65.7 Å². The van der Waals surface area contributed by atoms with E-state index in [1.165, 1.54) is 5.56 Å². The number of rotatable bonds is 4. The Morgan fingerprint density at radius 2 is 1.81 bits per heavy atom. The highest BCUT2D eigenvalue weighted by molar-refractivity contribution is 5.85. The molecule has 2 fully saturated rings. The zero-order valence-corrected chi connectivity index (χ0v) is 15.8. The van der Waals surface area contributed by atoms with E-state index < -0.39 is 6.61 Å². The van der Waals surface area contributed by atoms with Gasteiger partial charge >= 0.3 is 6.61 Å². The minimum absolute atomic E-state index is 0. The fourth-order valence-corrected chi connectivity index (χ4v) is 4.43. The third-order valence-electron chi connectivity index (χ3n) is 5.52. The van der Waals surface area contributed by atoms with Crippen molar-refractivity contribution >= 4 is 12.4 Å². The molecule has 2 saturated heterocycles. The van der Waals surface area contributed by atoms with E-state index in [4.69, 9.17) is 9.47 Å². The predicted octanol–water partition coefficient (Wildman–Crippen LogP) is 5.08. The molecule has 0 bridgehead atoms. The van der Waals surface area contributed by atoms with Gasteiger partial charge in [-0.05, 0) is 43.0 Å². The quantitative estimate of drug-likeness (QED) is 0.783. The molecule has 3 nitrogen and oxygen atoms in total. The van der Waals surface area contributed by atoms with Crippen LogP contribution in [0.2, 0.25) is 0 Å². The van der Waals surface area contributed by atoms with Crippen molar-refractivity contribution in [1.29, 1.82) is 0 Å². The molecule has 0 saturated carbocycles. The maximum absolute atomic E-state index is 12.8. The number of piperidine rings is 1. The minimum atomic E-state index is -2.82. The zero-order valence-electron chi connectivity index (χ0n) is 14.9. The van der Waals surface area contributed by atoms with Gasteiger partial charge in [0.25, 0.3) is 0 Å². The smallest absolute Gasteiger partial charge is 0.387 e. The van der Waals surface area contributed by atoms with Gasteiger partial charge in [0.2, 0.25) is 0 Å². The molecule has 2 heterocycles. The third-order valence-corrected chi connectivity index (χ3v) is 5.52. The first kappa shape index (κ1) is 20.1. The van der Waals surface area contributed by atoms with Crippen LogP contribution in [-0.2, 0) is 4.74 Å². The first-order valence-corrected chi connectivity index (χ1v) is 9.14. The summed E-state index contributed by atoms with van der Waals surface area (Å²) >= 11 is 0. The SMILES string of the molecule is Cl.FC(F)Oc1ccccc1[C@@H]1CO[C@]2(CCCN[C@H]2c2ccccc2)C1. The van der Waals surface area contributed by atoms with Gasteiger partial charge in [0.15, 0.2) is 0 Å². The van der Waals surface area contributed by atoms with Crippen molar-refractivity contribution in [2.75, 3.05) is 13.2 Å². The lowest BCUT2D eigenvalue weighted by molar-refractivity contribution is -0.0511. The molecule has 2 aromatic rings. The molecule has 0 amide bonds. The Morgan fingerprint density at radius 1 is 1.07 bits per heavy atom. The van der Waals surface area contributed by atoms with E-state index in [0.29, 0.717) is 6.61 Å². The van der Waals surface area contributed by atoms with Gasteiger partial charge in [0, 0.05) is 5.92 Å². The van der Waals surface area contributed by atoms with Crippen molar-refractivity contribution in [1.82, 2.24) is 5.32 Å². The van der Waals surface area contributed by atoms with E-state index in [0.717, 1.165) is 31.4 Å². The van der Waals surface area contributed by atoms with Crippen molar-refractivity contribution in [3.63, 3.8) is 0 Å². The topological polar surface area (TPSA) is 30.5 Å². The van der Waals surface area contributed by atoms with Crippen LogP contribution < -0.4 is 10.1 Å². The molecule has 0 unspecified atom stereocenters. The summed E-state index contributed by atoms with van der Waals surface area (Å²) in [6, 6.07) is 17.5. The predicted molar refractivity (Wildman–Crippen MR) is 103 cm³/mol. The van der Waals surface area contributed by atoms with Crippen molar-refractivity contribution in [3.8, 4) is 5.75 Å². The van der Waals surface area contributed by atoms with Crippen LogP contribution in [0.25, 0.3) is 0 Å². The van der Waals surface area contributed by atoms with Crippen molar-refractivity contribution in [2.24, 2.45) is 0 Å². The highest BCUT2D eigenvalue weighted by atomic mass is 35.5. The first-order valence-electron chi connectivity index (χ1n) is 9.14. The maximum atomic E-state index is 12.8. The van der Waals surface area contributed by atoms with Crippen molar-refractivity contribution < 1.29 is 18.3 Å². The fraction of sp³-hybridized carbons (Fsp3) is 0.429. The maximum Gasteiger partial charge on any atom is 0.387 e. The highest BCUT2D eigenvalue weighted by Gasteiger charge is 2.49. The number of hydrogen-bond donors (Lipinski definition) is 1. The summed E-state index contributed by atoms with van der Waals surface area (Å²) in [6.07, 6.45) is 2.81. The minimum Gasteiger partial charge on any atom is -0.435 e. The Labute approximate surface area is 164 Å². The summed E-state index contributed by atoms with van der Waals surface area (Å²) in [7, 11) is 0. The lowest BCUT2D eigenvalue weighted by Gasteiger charge is -2.41. The van der Waals surface area contributed by atoms with Gasteiger partial charge < -0.3 is 14.8 Å². The molecule has 2 aliphatic rings. The molecular formula is C21H24ClF2NO2. The largest absolute Gasteiger partial charge is 0.435 e. The van der Waals surface area contributed by atoms with Crippen LogP contribution in [0.15, 0.2) is 54.6 Å². The molecule has 1 spiro atoms. The molecule has 0 aromatic heterocycles. The molecule has 6 heteroatoms. The normalized spacial score (nSPS) is 27.5. The first-order chi connectivity index (χ1) is 12.7. The van der Waals surface area contributed by atoms with E-state index >= 15 is 0 Å². The molecular weight excluding hydrogens is 372 g/mol. The highest BCUT2D eigenvalue weighted by Crippen LogP contribution is 2.49. The van der Waals surface area contributed by atoms with Gasteiger partial charge in [-0.3, -0.25) is 0 Å². The third kappa shape index (κ3) is 4.10. The van der Waals surface area contributed by atoms with Crippen LogP contribution in [0.5, 0.6) is 5.75 Å². The molecule has 2 aromatic carbocycles. The van der Waals surface area contributed by atoms with Gasteiger partial charge in [-0.2, -0.15) is 8.78 Å². The van der Waals surface area contributed by atoms with Gasteiger partial charge in [-0.1, -0.05) is 48.5 Å². The summed E-state index contributed by atoms with van der Waals surface area (Å²) in [5.41, 5.74) is 1.72. The van der Waals surface area contributed by atoms with Crippen LogP contribution in [0.1, 0.15) is 42.3 Å². The van der Waals surface area contributed by atoms with E-state index in [1.54, 1.807) is 12.1 Å². The molecule has 1 N–H and O–H groups in total.